The fourth-order valence-electron chi connectivity index (χ4n) is 3.53. The summed E-state index contributed by atoms with van der Waals surface area (Å²) in [5, 5.41) is 3.44. The third kappa shape index (κ3) is 3.97. The Morgan fingerprint density at radius 2 is 1.67 bits per heavy atom. The number of para-hydroxylation sites is 4. The van der Waals surface area contributed by atoms with E-state index < -0.39 is 6.29 Å². The van der Waals surface area contributed by atoms with Crippen molar-refractivity contribution in [2.24, 2.45) is 15.7 Å². The Labute approximate surface area is 175 Å². The fraction of sp³-hybridized carbons (Fsp3) is 0.333. The molecule has 0 saturated carbocycles. The molecule has 1 atom stereocenters. The van der Waals surface area contributed by atoms with E-state index in [1.165, 1.54) is 0 Å². The van der Waals surface area contributed by atoms with E-state index in [2.05, 4.69) is 20.2 Å². The monoisotopic (exact) mass is 410 g/mol. The molecule has 2 aliphatic heterocycles. The van der Waals surface area contributed by atoms with Gasteiger partial charge in [0.15, 0.2) is 0 Å². The van der Waals surface area contributed by atoms with Crippen LogP contribution in [0.2, 0.25) is 0 Å². The van der Waals surface area contributed by atoms with Crippen LogP contribution in [0.3, 0.4) is 0 Å². The lowest BCUT2D eigenvalue weighted by molar-refractivity contribution is 0.0671. The summed E-state index contributed by atoms with van der Waals surface area (Å²) in [4.78, 5) is 13.3. The summed E-state index contributed by atoms with van der Waals surface area (Å²) >= 11 is 0. The highest BCUT2D eigenvalue weighted by Gasteiger charge is 2.34. The summed E-state index contributed by atoms with van der Waals surface area (Å²) in [5.41, 5.74) is 7.76. The van der Waals surface area contributed by atoms with Gasteiger partial charge in [-0.3, -0.25) is 4.90 Å². The topological polar surface area (TPSA) is 96.9 Å². The van der Waals surface area contributed by atoms with Crippen LogP contribution in [0.15, 0.2) is 58.5 Å². The number of nitrogens with one attached hydrogen (secondary N) is 1. The molecule has 4 rings (SSSR count). The Morgan fingerprint density at radius 3 is 2.40 bits per heavy atom. The molecule has 2 heterocycles. The summed E-state index contributed by atoms with van der Waals surface area (Å²) in [6, 6.07) is 15.5. The lowest BCUT2D eigenvalue weighted by Gasteiger charge is -2.41. The Kier molecular flexibility index (Phi) is 5.89. The first-order valence-electron chi connectivity index (χ1n) is 9.77. The number of guanidine groups is 2. The van der Waals surface area contributed by atoms with Gasteiger partial charge in [0, 0.05) is 13.1 Å². The van der Waals surface area contributed by atoms with Crippen molar-refractivity contribution < 1.29 is 14.2 Å². The molecule has 1 fully saturated rings. The molecule has 9 heteroatoms. The standard InChI is InChI=1S/C21H26N6O3/c1-28-17-9-5-3-7-15(17)23-20-24-19(22)25-21(26-11-13-30-14-12-26)27(20)16-8-4-6-10-18(16)29-2/h3-10,20,23H,11-14H2,1-2H3,(H2,22,24). The van der Waals surface area contributed by atoms with Gasteiger partial charge in [-0.25, -0.2) is 4.99 Å². The van der Waals surface area contributed by atoms with Crippen molar-refractivity contribution in [1.82, 2.24) is 4.90 Å². The minimum Gasteiger partial charge on any atom is -0.495 e. The average Bonchev–Trinajstić information content (AvgIpc) is 2.79. The number of morpholine rings is 1. The second-order valence-corrected chi connectivity index (χ2v) is 6.76. The molecule has 1 saturated heterocycles. The van der Waals surface area contributed by atoms with Crippen molar-refractivity contribution in [2.75, 3.05) is 50.7 Å². The quantitative estimate of drug-likeness (QED) is 0.777. The molecule has 0 aromatic heterocycles. The van der Waals surface area contributed by atoms with Crippen molar-refractivity contribution in [3.8, 4) is 11.5 Å². The van der Waals surface area contributed by atoms with E-state index in [1.54, 1.807) is 14.2 Å². The number of hydrogen-bond acceptors (Lipinski definition) is 9. The van der Waals surface area contributed by atoms with Crippen LogP contribution in [0.5, 0.6) is 11.5 Å². The minimum absolute atomic E-state index is 0.204. The molecular formula is C21H26N6O3. The van der Waals surface area contributed by atoms with Gasteiger partial charge in [-0.15, -0.1) is 0 Å². The number of anilines is 2. The zero-order chi connectivity index (χ0) is 20.9. The van der Waals surface area contributed by atoms with Crippen LogP contribution < -0.4 is 25.4 Å². The molecule has 2 aromatic rings. The molecule has 2 aliphatic rings. The fourth-order valence-corrected chi connectivity index (χ4v) is 3.53. The van der Waals surface area contributed by atoms with E-state index in [9.17, 15) is 0 Å². The first-order valence-corrected chi connectivity index (χ1v) is 9.77. The van der Waals surface area contributed by atoms with Gasteiger partial charge in [-0.05, 0) is 24.3 Å². The van der Waals surface area contributed by atoms with Crippen LogP contribution in [0.4, 0.5) is 11.4 Å². The Balaban J connectivity index is 1.77. The highest BCUT2D eigenvalue weighted by atomic mass is 16.5. The van der Waals surface area contributed by atoms with Crippen LogP contribution in [-0.4, -0.2) is 63.6 Å². The molecule has 0 radical (unpaired) electrons. The summed E-state index contributed by atoms with van der Waals surface area (Å²) in [6.45, 7) is 2.67. The van der Waals surface area contributed by atoms with E-state index in [0.29, 0.717) is 43.8 Å². The van der Waals surface area contributed by atoms with Crippen LogP contribution in [0.1, 0.15) is 0 Å². The molecule has 2 aromatic carbocycles. The summed E-state index contributed by atoms with van der Waals surface area (Å²) in [6.07, 6.45) is -0.548. The number of rotatable bonds is 5. The summed E-state index contributed by atoms with van der Waals surface area (Å²) < 4.78 is 16.7. The largest absolute Gasteiger partial charge is 0.495 e. The molecular weight excluding hydrogens is 384 g/mol. The van der Waals surface area contributed by atoms with Gasteiger partial charge in [0.1, 0.15) is 11.5 Å². The van der Waals surface area contributed by atoms with Gasteiger partial charge >= 0.3 is 0 Å². The maximum absolute atomic E-state index is 6.13. The highest BCUT2D eigenvalue weighted by Crippen LogP contribution is 2.33. The molecule has 9 nitrogen and oxygen atoms in total. The van der Waals surface area contributed by atoms with Crippen LogP contribution in [0.25, 0.3) is 0 Å². The zero-order valence-corrected chi connectivity index (χ0v) is 17.1. The third-order valence-corrected chi connectivity index (χ3v) is 4.96. The van der Waals surface area contributed by atoms with Gasteiger partial charge in [-0.2, -0.15) is 4.99 Å². The molecule has 0 bridgehead atoms. The van der Waals surface area contributed by atoms with E-state index in [4.69, 9.17) is 19.9 Å². The predicted molar refractivity (Wildman–Crippen MR) is 117 cm³/mol. The van der Waals surface area contributed by atoms with E-state index >= 15 is 0 Å². The van der Waals surface area contributed by atoms with Crippen LogP contribution in [-0.2, 0) is 4.74 Å². The van der Waals surface area contributed by atoms with Gasteiger partial charge in [0.05, 0.1) is 38.8 Å². The number of methoxy groups -OCH3 is 2. The second-order valence-electron chi connectivity index (χ2n) is 6.76. The summed E-state index contributed by atoms with van der Waals surface area (Å²) in [5.74, 6) is 2.32. The molecule has 0 aliphatic carbocycles. The molecule has 1 unspecified atom stereocenters. The van der Waals surface area contributed by atoms with Crippen LogP contribution >= 0.6 is 0 Å². The zero-order valence-electron chi connectivity index (χ0n) is 17.1. The van der Waals surface area contributed by atoms with Gasteiger partial charge in [0.25, 0.3) is 0 Å². The van der Waals surface area contributed by atoms with Crippen LogP contribution in [0, 0.1) is 0 Å². The number of nitrogens with two attached hydrogens (primary N) is 1. The average molecular weight is 410 g/mol. The maximum atomic E-state index is 6.13. The van der Waals surface area contributed by atoms with E-state index in [0.717, 1.165) is 11.4 Å². The first kappa shape index (κ1) is 19.8. The maximum Gasteiger partial charge on any atom is 0.222 e. The van der Waals surface area contributed by atoms with Crippen molar-refractivity contribution in [2.45, 2.75) is 6.29 Å². The molecule has 0 amide bonds. The lowest BCUT2D eigenvalue weighted by Crippen LogP contribution is -2.57. The van der Waals surface area contributed by atoms with Gasteiger partial charge < -0.3 is 30.2 Å². The predicted octanol–water partition coefficient (Wildman–Crippen LogP) is 1.92. The second kappa shape index (κ2) is 8.91. The Hall–Kier alpha value is -3.46. The Bertz CT molecular complexity index is 942. The number of benzene rings is 2. The van der Waals surface area contributed by atoms with Crippen molar-refractivity contribution in [3.05, 3.63) is 48.5 Å². The van der Waals surface area contributed by atoms with Crippen molar-refractivity contribution in [3.63, 3.8) is 0 Å². The number of aliphatic imine (C=N–C) groups is 2. The minimum atomic E-state index is -0.548. The smallest absolute Gasteiger partial charge is 0.222 e. The molecule has 3 N–H and O–H groups in total. The Morgan fingerprint density at radius 1 is 1.00 bits per heavy atom. The van der Waals surface area contributed by atoms with Crippen molar-refractivity contribution in [1.29, 1.82) is 0 Å². The molecule has 0 spiro atoms. The summed E-state index contributed by atoms with van der Waals surface area (Å²) in [7, 11) is 3.28. The number of ether oxygens (including phenoxy) is 3. The van der Waals surface area contributed by atoms with Gasteiger partial charge in [0.2, 0.25) is 18.2 Å². The third-order valence-electron chi connectivity index (χ3n) is 4.96. The number of nitrogens with zero attached hydrogens (tertiary/aromatic N) is 4. The normalized spacial score (nSPS) is 19.1. The lowest BCUT2D eigenvalue weighted by atomic mass is 10.2. The van der Waals surface area contributed by atoms with E-state index in [-0.39, 0.29) is 5.96 Å². The van der Waals surface area contributed by atoms with E-state index in [1.807, 2.05) is 53.4 Å². The first-order chi connectivity index (χ1) is 14.7. The SMILES string of the molecule is COc1ccccc1NC1N=C(N)N=C(N2CCOCC2)N1c1ccccc1OC. The molecule has 158 valence electrons. The highest BCUT2D eigenvalue weighted by molar-refractivity contribution is 6.06. The van der Waals surface area contributed by atoms with Crippen molar-refractivity contribution >= 4 is 23.3 Å². The van der Waals surface area contributed by atoms with Gasteiger partial charge in [-0.1, -0.05) is 24.3 Å². The molecule has 30 heavy (non-hydrogen) atoms. The number of hydrogen-bond donors (Lipinski definition) is 2.